The number of hydrogen-bond acceptors (Lipinski definition) is 4. The highest BCUT2D eigenvalue weighted by Gasteiger charge is 2.51. The van der Waals surface area contributed by atoms with Crippen LogP contribution in [-0.2, 0) is 16.1 Å². The number of β-lactam (4-membered cyclic amide) rings is 1. The number of rotatable bonds is 7. The lowest BCUT2D eigenvalue weighted by Crippen LogP contribution is -2.60. The lowest BCUT2D eigenvalue weighted by molar-refractivity contribution is -0.169. The Morgan fingerprint density at radius 2 is 1.83 bits per heavy atom. The van der Waals surface area contributed by atoms with Crippen LogP contribution in [0.4, 0.5) is 9.18 Å². The SMILES string of the molecule is NC(=O)c1ccc([C@@H]2[C@H](OC(=O)NCC3CC3)C(=O)N2Cc2ccccc2F)cc1. The Morgan fingerprint density at radius 3 is 2.47 bits per heavy atom. The summed E-state index contributed by atoms with van der Waals surface area (Å²) < 4.78 is 19.5. The van der Waals surface area contributed by atoms with Crippen molar-refractivity contribution in [2.75, 3.05) is 6.54 Å². The van der Waals surface area contributed by atoms with Gasteiger partial charge in [0.2, 0.25) is 12.0 Å². The molecule has 8 heteroatoms. The molecule has 156 valence electrons. The van der Waals surface area contributed by atoms with Gasteiger partial charge in [-0.3, -0.25) is 9.59 Å². The quantitative estimate of drug-likeness (QED) is 0.684. The zero-order valence-electron chi connectivity index (χ0n) is 16.2. The summed E-state index contributed by atoms with van der Waals surface area (Å²) in [6, 6.07) is 12.0. The number of amides is 3. The maximum atomic E-state index is 14.1. The Kier molecular flexibility index (Phi) is 5.39. The van der Waals surface area contributed by atoms with Crippen molar-refractivity contribution < 1.29 is 23.5 Å². The number of nitrogens with two attached hydrogens (primary N) is 1. The molecule has 3 amide bonds. The predicted octanol–water partition coefficient (Wildman–Crippen LogP) is 2.51. The minimum Gasteiger partial charge on any atom is -0.433 e. The van der Waals surface area contributed by atoms with Crippen molar-refractivity contribution in [3.05, 3.63) is 71.0 Å². The fourth-order valence-corrected chi connectivity index (χ4v) is 3.52. The van der Waals surface area contributed by atoms with Gasteiger partial charge in [-0.05, 0) is 42.5 Å². The minimum absolute atomic E-state index is 0.0390. The highest BCUT2D eigenvalue weighted by Crippen LogP contribution is 2.39. The molecule has 0 unspecified atom stereocenters. The minimum atomic E-state index is -1.02. The van der Waals surface area contributed by atoms with Crippen LogP contribution in [0.5, 0.6) is 0 Å². The van der Waals surface area contributed by atoms with Gasteiger partial charge in [0.05, 0.1) is 0 Å². The van der Waals surface area contributed by atoms with Crippen LogP contribution in [0.25, 0.3) is 0 Å². The Morgan fingerprint density at radius 1 is 1.13 bits per heavy atom. The third-order valence-electron chi connectivity index (χ3n) is 5.45. The third kappa shape index (κ3) is 4.12. The standard InChI is InChI=1S/C22H22FN3O4/c23-17-4-2-1-3-16(17)12-26-18(14-7-9-15(10-8-14)20(24)27)19(21(26)28)30-22(29)25-11-13-5-6-13/h1-4,7-10,13,18-19H,5-6,11-12H2,(H2,24,27)(H,25,29)/t18-,19+/m1/s1. The second-order valence-electron chi connectivity index (χ2n) is 7.64. The summed E-state index contributed by atoms with van der Waals surface area (Å²) in [4.78, 5) is 37.7. The first-order chi connectivity index (χ1) is 14.4. The van der Waals surface area contributed by atoms with Gasteiger partial charge < -0.3 is 20.7 Å². The Bertz CT molecular complexity index is 975. The number of carbonyl (C=O) groups excluding carboxylic acids is 3. The van der Waals surface area contributed by atoms with Crippen molar-refractivity contribution in [3.8, 4) is 0 Å². The molecule has 2 aromatic carbocycles. The van der Waals surface area contributed by atoms with E-state index in [9.17, 15) is 18.8 Å². The van der Waals surface area contributed by atoms with Gasteiger partial charge in [-0.2, -0.15) is 0 Å². The summed E-state index contributed by atoms with van der Waals surface area (Å²) in [5.41, 5.74) is 6.64. The van der Waals surface area contributed by atoms with Crippen LogP contribution in [0.15, 0.2) is 48.5 Å². The molecule has 2 atom stereocenters. The van der Waals surface area contributed by atoms with Gasteiger partial charge in [-0.25, -0.2) is 9.18 Å². The first kappa shape index (κ1) is 19.9. The van der Waals surface area contributed by atoms with Gasteiger partial charge in [0, 0.05) is 24.2 Å². The molecule has 4 rings (SSSR count). The van der Waals surface area contributed by atoms with Crippen molar-refractivity contribution in [1.82, 2.24) is 10.2 Å². The molecule has 1 aliphatic carbocycles. The number of ether oxygens (including phenoxy) is 1. The van der Waals surface area contributed by atoms with Crippen molar-refractivity contribution in [3.63, 3.8) is 0 Å². The molecule has 3 N–H and O–H groups in total. The van der Waals surface area contributed by atoms with Crippen LogP contribution in [0.1, 0.15) is 40.4 Å². The van der Waals surface area contributed by atoms with Gasteiger partial charge in [0.25, 0.3) is 5.91 Å². The molecule has 2 aliphatic rings. The van der Waals surface area contributed by atoms with Crippen molar-refractivity contribution in [2.45, 2.75) is 31.5 Å². The van der Waals surface area contributed by atoms with E-state index in [4.69, 9.17) is 10.5 Å². The molecule has 1 heterocycles. The number of benzene rings is 2. The molecule has 1 saturated heterocycles. The van der Waals surface area contributed by atoms with Crippen LogP contribution in [0, 0.1) is 11.7 Å². The predicted molar refractivity (Wildman–Crippen MR) is 106 cm³/mol. The van der Waals surface area contributed by atoms with E-state index in [0.717, 1.165) is 12.8 Å². The molecule has 1 aliphatic heterocycles. The van der Waals surface area contributed by atoms with Crippen molar-refractivity contribution >= 4 is 17.9 Å². The Labute approximate surface area is 173 Å². The highest BCUT2D eigenvalue weighted by atomic mass is 19.1. The Balaban J connectivity index is 1.54. The number of nitrogens with one attached hydrogen (secondary N) is 1. The van der Waals surface area contributed by atoms with Crippen LogP contribution in [0.2, 0.25) is 0 Å². The van der Waals surface area contributed by atoms with Crippen LogP contribution in [-0.4, -0.2) is 35.5 Å². The first-order valence-corrected chi connectivity index (χ1v) is 9.82. The zero-order valence-corrected chi connectivity index (χ0v) is 16.2. The smallest absolute Gasteiger partial charge is 0.408 e. The second-order valence-corrected chi connectivity index (χ2v) is 7.64. The molecule has 0 spiro atoms. The molecule has 30 heavy (non-hydrogen) atoms. The topological polar surface area (TPSA) is 102 Å². The average molecular weight is 411 g/mol. The van der Waals surface area contributed by atoms with Crippen molar-refractivity contribution in [1.29, 1.82) is 0 Å². The maximum absolute atomic E-state index is 14.1. The molecule has 0 aromatic heterocycles. The number of carbonyl (C=O) groups is 3. The largest absolute Gasteiger partial charge is 0.433 e. The number of primary amides is 1. The van der Waals surface area contributed by atoms with Gasteiger partial charge in [0.15, 0.2) is 0 Å². The number of alkyl carbamates (subject to hydrolysis) is 1. The van der Waals surface area contributed by atoms with E-state index in [1.54, 1.807) is 42.5 Å². The van der Waals surface area contributed by atoms with Gasteiger partial charge in [-0.15, -0.1) is 0 Å². The summed E-state index contributed by atoms with van der Waals surface area (Å²) in [5, 5.41) is 2.68. The van der Waals surface area contributed by atoms with E-state index in [1.807, 2.05) is 0 Å². The Hall–Kier alpha value is -3.42. The summed E-state index contributed by atoms with van der Waals surface area (Å²) in [7, 11) is 0. The molecule has 0 bridgehead atoms. The van der Waals surface area contributed by atoms with E-state index in [0.29, 0.717) is 29.2 Å². The molecule has 2 fully saturated rings. The van der Waals surface area contributed by atoms with Crippen LogP contribution >= 0.6 is 0 Å². The maximum Gasteiger partial charge on any atom is 0.408 e. The summed E-state index contributed by atoms with van der Waals surface area (Å²) >= 11 is 0. The fraction of sp³-hybridized carbons (Fsp3) is 0.318. The van der Waals surface area contributed by atoms with E-state index in [-0.39, 0.29) is 6.54 Å². The molecule has 2 aromatic rings. The van der Waals surface area contributed by atoms with Gasteiger partial charge in [-0.1, -0.05) is 30.3 Å². The van der Waals surface area contributed by atoms with Crippen LogP contribution < -0.4 is 11.1 Å². The van der Waals surface area contributed by atoms with E-state index >= 15 is 0 Å². The average Bonchev–Trinajstić information content (AvgIpc) is 3.57. The first-order valence-electron chi connectivity index (χ1n) is 9.82. The van der Waals surface area contributed by atoms with Gasteiger partial charge in [0.1, 0.15) is 11.9 Å². The van der Waals surface area contributed by atoms with E-state index in [1.165, 1.54) is 11.0 Å². The number of likely N-dealkylation sites (tertiary alicyclic amines) is 1. The van der Waals surface area contributed by atoms with E-state index in [2.05, 4.69) is 5.32 Å². The van der Waals surface area contributed by atoms with Gasteiger partial charge >= 0.3 is 6.09 Å². The zero-order chi connectivity index (χ0) is 21.3. The van der Waals surface area contributed by atoms with Crippen molar-refractivity contribution in [2.24, 2.45) is 11.7 Å². The lowest BCUT2D eigenvalue weighted by atomic mass is 9.89. The third-order valence-corrected chi connectivity index (χ3v) is 5.45. The molecule has 7 nitrogen and oxygen atoms in total. The molecular weight excluding hydrogens is 389 g/mol. The monoisotopic (exact) mass is 411 g/mol. The molecular formula is C22H22FN3O4. The second kappa shape index (κ2) is 8.14. The molecule has 0 radical (unpaired) electrons. The van der Waals surface area contributed by atoms with Crippen LogP contribution in [0.3, 0.4) is 0 Å². The summed E-state index contributed by atoms with van der Waals surface area (Å²) in [6.07, 6.45) is 0.488. The van der Waals surface area contributed by atoms with E-state index < -0.39 is 35.9 Å². The summed E-state index contributed by atoms with van der Waals surface area (Å²) in [5.74, 6) is -0.908. The number of nitrogens with zero attached hydrogens (tertiary/aromatic N) is 1. The fourth-order valence-electron chi connectivity index (χ4n) is 3.52. The summed E-state index contributed by atoms with van der Waals surface area (Å²) in [6.45, 7) is 0.563. The lowest BCUT2D eigenvalue weighted by Gasteiger charge is -2.46. The number of hydrogen-bond donors (Lipinski definition) is 2. The highest BCUT2D eigenvalue weighted by molar-refractivity contribution is 5.93. The number of halogens is 1. The normalized spacial score (nSPS) is 20.4. The molecule has 1 saturated carbocycles.